The number of hydrogen-bond acceptors (Lipinski definition) is 7. The van der Waals surface area contributed by atoms with Crippen molar-refractivity contribution >= 4 is 34.4 Å². The van der Waals surface area contributed by atoms with Gasteiger partial charge in [0.05, 0.1) is 18.6 Å². The molecule has 3 aromatic carbocycles. The van der Waals surface area contributed by atoms with Crippen molar-refractivity contribution in [2.45, 2.75) is 57.3 Å². The summed E-state index contributed by atoms with van der Waals surface area (Å²) in [4.78, 5) is 59.4. The number of aromatic hydroxyl groups is 1. The molecule has 0 radical (unpaired) electrons. The van der Waals surface area contributed by atoms with E-state index in [1.807, 2.05) is 66.3 Å². The molecule has 0 spiro atoms. The highest BCUT2D eigenvalue weighted by Crippen LogP contribution is 2.32. The van der Waals surface area contributed by atoms with Crippen molar-refractivity contribution in [1.29, 1.82) is 0 Å². The molecule has 272 valence electrons. The Bertz CT molecular complexity index is 1920. The number of methoxy groups -OCH3 is 1. The Balaban J connectivity index is 1.35. The van der Waals surface area contributed by atoms with Crippen LogP contribution in [0.2, 0.25) is 0 Å². The summed E-state index contributed by atoms with van der Waals surface area (Å²) in [7, 11) is 3.56. The van der Waals surface area contributed by atoms with E-state index in [-0.39, 0.29) is 68.3 Å². The molecule has 6 rings (SSSR count). The topological polar surface area (TPSA) is 116 Å². The number of phenolic OH excluding ortho intramolecular Hbond substituents is 1. The quantitative estimate of drug-likeness (QED) is 0.107. The molecule has 52 heavy (non-hydrogen) atoms. The molecule has 1 N–H and O–H groups in total. The van der Waals surface area contributed by atoms with Crippen molar-refractivity contribution in [2.24, 2.45) is 7.05 Å². The third kappa shape index (κ3) is 7.80. The molecule has 0 bridgehead atoms. The molecule has 3 heterocycles. The second-order valence-corrected chi connectivity index (χ2v) is 13.6. The third-order valence-corrected chi connectivity index (χ3v) is 10.0. The summed E-state index contributed by atoms with van der Waals surface area (Å²) >= 11 is 0. The molecule has 2 aliphatic rings. The number of ether oxygens (including phenoxy) is 1. The number of Topliss-reactive ketones (excluding diaryl/α,β-unsaturated/α-hetero) is 1. The molecule has 0 saturated carbocycles. The van der Waals surface area contributed by atoms with E-state index in [1.54, 1.807) is 57.3 Å². The monoisotopic (exact) mass is 705 g/mol. The van der Waals surface area contributed by atoms with Crippen molar-refractivity contribution in [2.75, 3.05) is 33.4 Å². The van der Waals surface area contributed by atoms with Crippen LogP contribution in [0.25, 0.3) is 10.9 Å². The van der Waals surface area contributed by atoms with Gasteiger partial charge in [-0.25, -0.2) is 10.0 Å². The Hall–Kier alpha value is -5.26. The number of piperazine rings is 1. The van der Waals surface area contributed by atoms with E-state index in [0.29, 0.717) is 25.0 Å². The van der Waals surface area contributed by atoms with Crippen LogP contribution >= 0.6 is 0 Å². The lowest BCUT2D eigenvalue weighted by Crippen LogP contribution is -2.75. The van der Waals surface area contributed by atoms with E-state index in [2.05, 4.69) is 6.58 Å². The smallest absolute Gasteiger partial charge is 0.246 e. The number of carbonyl (C=O) groups excluding carboxylic acids is 4. The van der Waals surface area contributed by atoms with E-state index in [0.717, 1.165) is 40.4 Å². The largest absolute Gasteiger partial charge is 0.508 e. The highest BCUT2D eigenvalue weighted by Gasteiger charge is 2.51. The summed E-state index contributed by atoms with van der Waals surface area (Å²) < 4.78 is 7.09. The van der Waals surface area contributed by atoms with Gasteiger partial charge in [0.1, 0.15) is 18.0 Å². The van der Waals surface area contributed by atoms with Crippen molar-refractivity contribution in [3.8, 4) is 5.75 Å². The predicted octanol–water partition coefficient (Wildman–Crippen LogP) is 4.87. The Morgan fingerprint density at radius 1 is 0.962 bits per heavy atom. The van der Waals surface area contributed by atoms with Crippen LogP contribution in [0.4, 0.5) is 0 Å². The minimum atomic E-state index is -0.886. The van der Waals surface area contributed by atoms with E-state index in [1.165, 1.54) is 0 Å². The van der Waals surface area contributed by atoms with Crippen molar-refractivity contribution in [3.05, 3.63) is 114 Å². The van der Waals surface area contributed by atoms with Gasteiger partial charge < -0.3 is 24.2 Å². The zero-order chi connectivity index (χ0) is 36.8. The molecule has 2 atom stereocenters. The number of carbonyl (C=O) groups is 4. The molecule has 2 fully saturated rings. The number of aryl methyl sites for hydroxylation is 2. The first-order valence-corrected chi connectivity index (χ1v) is 17.9. The van der Waals surface area contributed by atoms with Gasteiger partial charge in [-0.1, -0.05) is 66.7 Å². The summed E-state index contributed by atoms with van der Waals surface area (Å²) in [6.07, 6.45) is 5.69. The molecule has 3 amide bonds. The normalized spacial score (nSPS) is 17.8. The Kier molecular flexibility index (Phi) is 11.5. The fourth-order valence-corrected chi connectivity index (χ4v) is 7.54. The first kappa shape index (κ1) is 36.5. The second kappa shape index (κ2) is 16.4. The standard InChI is InChI=1S/C41H47N5O6/c1-4-22-44-28-39(50)45-35(24-30-16-19-32(47)20-17-30)41(51)43(27-37(45)46(44)38(49)21-18-29-11-6-5-7-12-29)25-31-13-10-14-33-34(26-42(2)40(31)33)36(48)15-8-9-23-52-3/h4-7,10-14,16-17,19-20,26,35,37,47H,1,8-9,15,18,21-25,27-28H2,2-3H3/t35-,37-/m0/s1. The number of aromatic nitrogens is 1. The minimum absolute atomic E-state index is 0.0604. The molecule has 2 saturated heterocycles. The van der Waals surface area contributed by atoms with Crippen LogP contribution in [0.3, 0.4) is 0 Å². The van der Waals surface area contributed by atoms with Gasteiger partial charge in [-0.15, -0.1) is 6.58 Å². The number of phenols is 1. The molecule has 2 aliphatic heterocycles. The number of para-hydroxylation sites is 1. The second-order valence-electron chi connectivity index (χ2n) is 13.6. The van der Waals surface area contributed by atoms with Crippen molar-refractivity contribution in [3.63, 3.8) is 0 Å². The molecular formula is C41H47N5O6. The average Bonchev–Trinajstić information content (AvgIpc) is 3.49. The van der Waals surface area contributed by atoms with Crippen LogP contribution in [0, 0.1) is 0 Å². The van der Waals surface area contributed by atoms with E-state index in [4.69, 9.17) is 4.74 Å². The summed E-state index contributed by atoms with van der Waals surface area (Å²) in [6, 6.07) is 21.3. The lowest BCUT2D eigenvalue weighted by atomic mass is 9.97. The molecule has 0 unspecified atom stereocenters. The maximum atomic E-state index is 14.6. The van der Waals surface area contributed by atoms with Crippen LogP contribution in [0.5, 0.6) is 5.75 Å². The highest BCUT2D eigenvalue weighted by molar-refractivity contribution is 6.08. The van der Waals surface area contributed by atoms with Crippen molar-refractivity contribution < 1.29 is 29.0 Å². The van der Waals surface area contributed by atoms with Gasteiger partial charge in [0.2, 0.25) is 17.7 Å². The SMILES string of the molecule is C=CCN1CC(=O)N2[C@@H](Cc3ccc(O)cc3)C(=O)N(Cc3cccc4c(C(=O)CCCCOC)cn(C)c34)C[C@@H]2N1C(=O)CCc1ccccc1. The number of benzene rings is 3. The van der Waals surface area contributed by atoms with Gasteiger partial charge in [-0.2, -0.15) is 0 Å². The predicted molar refractivity (Wildman–Crippen MR) is 198 cm³/mol. The van der Waals surface area contributed by atoms with E-state index < -0.39 is 12.2 Å². The Morgan fingerprint density at radius 2 is 1.73 bits per heavy atom. The number of ketones is 1. The van der Waals surface area contributed by atoms with Crippen LogP contribution in [0.15, 0.2) is 91.6 Å². The number of amides is 3. The number of unbranched alkanes of at least 4 members (excludes halogenated alkanes) is 1. The first-order chi connectivity index (χ1) is 25.2. The number of hydrogen-bond donors (Lipinski definition) is 1. The van der Waals surface area contributed by atoms with E-state index in [9.17, 15) is 24.3 Å². The number of hydrazine groups is 1. The number of rotatable bonds is 15. The van der Waals surface area contributed by atoms with Crippen molar-refractivity contribution in [1.82, 2.24) is 24.4 Å². The van der Waals surface area contributed by atoms with Gasteiger partial charge in [0.25, 0.3) is 0 Å². The molecule has 11 nitrogen and oxygen atoms in total. The lowest BCUT2D eigenvalue weighted by molar-refractivity contribution is -0.205. The molecule has 1 aromatic heterocycles. The lowest BCUT2D eigenvalue weighted by Gasteiger charge is -2.55. The van der Waals surface area contributed by atoms with Crippen LogP contribution in [0.1, 0.15) is 52.7 Å². The molecule has 0 aliphatic carbocycles. The molecule has 4 aromatic rings. The zero-order valence-corrected chi connectivity index (χ0v) is 29.9. The highest BCUT2D eigenvalue weighted by atomic mass is 16.5. The van der Waals surface area contributed by atoms with Crippen LogP contribution in [-0.2, 0) is 45.6 Å². The fourth-order valence-electron chi connectivity index (χ4n) is 7.54. The summed E-state index contributed by atoms with van der Waals surface area (Å²) in [5.41, 5.74) is 4.17. The van der Waals surface area contributed by atoms with Gasteiger partial charge in [-0.05, 0) is 48.1 Å². The summed E-state index contributed by atoms with van der Waals surface area (Å²) in [5.74, 6) is -0.457. The maximum absolute atomic E-state index is 14.6. The summed E-state index contributed by atoms with van der Waals surface area (Å²) in [6.45, 7) is 5.04. The van der Waals surface area contributed by atoms with Crippen LogP contribution < -0.4 is 0 Å². The summed E-state index contributed by atoms with van der Waals surface area (Å²) in [5, 5.41) is 14.2. The maximum Gasteiger partial charge on any atom is 0.246 e. The minimum Gasteiger partial charge on any atom is -0.508 e. The van der Waals surface area contributed by atoms with Gasteiger partial charge in [-0.3, -0.25) is 19.2 Å². The Labute approximate surface area is 304 Å². The van der Waals surface area contributed by atoms with Gasteiger partial charge in [0.15, 0.2) is 5.78 Å². The van der Waals surface area contributed by atoms with Gasteiger partial charge in [0, 0.05) is 70.3 Å². The fraction of sp³-hybridized carbons (Fsp3) is 0.366. The number of nitrogens with zero attached hydrogens (tertiary/aromatic N) is 5. The van der Waals surface area contributed by atoms with Gasteiger partial charge >= 0.3 is 0 Å². The zero-order valence-electron chi connectivity index (χ0n) is 29.9. The number of fused-ring (bicyclic) bond motifs is 2. The molecule has 11 heteroatoms. The van der Waals surface area contributed by atoms with Crippen LogP contribution in [-0.4, -0.2) is 98.6 Å². The van der Waals surface area contributed by atoms with E-state index >= 15 is 0 Å². The average molecular weight is 706 g/mol. The Morgan fingerprint density at radius 3 is 2.46 bits per heavy atom. The third-order valence-electron chi connectivity index (χ3n) is 10.0. The molecular weight excluding hydrogens is 658 g/mol. The first-order valence-electron chi connectivity index (χ1n) is 17.9.